The highest BCUT2D eigenvalue weighted by Gasteiger charge is 2.28. The van der Waals surface area contributed by atoms with Gasteiger partial charge in [0, 0.05) is 25.2 Å². The molecule has 2 rings (SSSR count). The van der Waals surface area contributed by atoms with Crippen LogP contribution in [-0.4, -0.2) is 52.5 Å². The summed E-state index contributed by atoms with van der Waals surface area (Å²) in [6.45, 7) is 1.21. The molecule has 1 saturated heterocycles. The molecule has 0 spiro atoms. The minimum atomic E-state index is -0.818. The number of likely N-dealkylation sites (tertiary alicyclic amines) is 1. The maximum Gasteiger partial charge on any atom is 0.407 e. The number of aliphatic hydroxyl groups excluding tert-OH is 1. The molecule has 3 N–H and O–H groups in total. The lowest BCUT2D eigenvalue weighted by Crippen LogP contribution is -2.51. The van der Waals surface area contributed by atoms with Gasteiger partial charge in [-0.05, 0) is 25.7 Å². The van der Waals surface area contributed by atoms with Crippen molar-refractivity contribution in [3.8, 4) is 0 Å². The maximum absolute atomic E-state index is 10.8. The molecule has 2 fully saturated rings. The summed E-state index contributed by atoms with van der Waals surface area (Å²) < 4.78 is 0. The van der Waals surface area contributed by atoms with Crippen molar-refractivity contribution < 1.29 is 15.0 Å². The van der Waals surface area contributed by atoms with Gasteiger partial charge in [0.2, 0.25) is 0 Å². The molecule has 98 valence electrons. The third kappa shape index (κ3) is 3.33. The summed E-state index contributed by atoms with van der Waals surface area (Å²) in [4.78, 5) is 12.2. The van der Waals surface area contributed by atoms with Crippen LogP contribution < -0.4 is 5.32 Å². The van der Waals surface area contributed by atoms with Crippen molar-refractivity contribution in [3.63, 3.8) is 0 Å². The predicted octanol–water partition coefficient (Wildman–Crippen LogP) is 1.02. The van der Waals surface area contributed by atoms with Crippen LogP contribution in [0.5, 0.6) is 0 Å². The van der Waals surface area contributed by atoms with Gasteiger partial charge in [0.25, 0.3) is 0 Å². The van der Waals surface area contributed by atoms with Crippen molar-refractivity contribution in [1.29, 1.82) is 0 Å². The van der Waals surface area contributed by atoms with Crippen LogP contribution in [0, 0.1) is 0 Å². The average Bonchev–Trinajstić information content (AvgIpc) is 2.33. The van der Waals surface area contributed by atoms with Crippen LogP contribution in [0.3, 0.4) is 0 Å². The molecule has 0 unspecified atom stereocenters. The number of piperidine rings is 1. The lowest BCUT2D eigenvalue weighted by molar-refractivity contribution is 0.0753. The van der Waals surface area contributed by atoms with Gasteiger partial charge >= 0.3 is 6.09 Å². The zero-order valence-corrected chi connectivity index (χ0v) is 10.1. The van der Waals surface area contributed by atoms with E-state index in [2.05, 4.69) is 5.32 Å². The monoisotopic (exact) mass is 242 g/mol. The molecule has 2 aliphatic rings. The second-order valence-corrected chi connectivity index (χ2v) is 5.17. The van der Waals surface area contributed by atoms with Gasteiger partial charge < -0.3 is 20.4 Å². The lowest BCUT2D eigenvalue weighted by atomic mass is 9.91. The first-order valence-electron chi connectivity index (χ1n) is 6.59. The van der Waals surface area contributed by atoms with Crippen LogP contribution in [-0.2, 0) is 0 Å². The minimum Gasteiger partial charge on any atom is -0.465 e. The van der Waals surface area contributed by atoms with E-state index >= 15 is 0 Å². The molecule has 0 bridgehead atoms. The Kier molecular flexibility index (Phi) is 4.23. The Morgan fingerprint density at radius 2 is 1.76 bits per heavy atom. The SMILES string of the molecule is O=C(O)N1CCC(N[C@@H]2CCCC[C@H]2O)CC1. The normalized spacial score (nSPS) is 31.5. The number of rotatable bonds is 2. The van der Waals surface area contributed by atoms with E-state index in [4.69, 9.17) is 5.11 Å². The smallest absolute Gasteiger partial charge is 0.407 e. The number of hydrogen-bond donors (Lipinski definition) is 3. The number of amides is 1. The van der Waals surface area contributed by atoms with Crippen LogP contribution in [0.4, 0.5) is 4.79 Å². The van der Waals surface area contributed by atoms with E-state index in [1.807, 2.05) is 0 Å². The van der Waals surface area contributed by atoms with E-state index in [1.165, 1.54) is 11.3 Å². The number of nitrogens with zero attached hydrogens (tertiary/aromatic N) is 1. The van der Waals surface area contributed by atoms with E-state index < -0.39 is 6.09 Å². The van der Waals surface area contributed by atoms with Crippen LogP contribution in [0.25, 0.3) is 0 Å². The van der Waals surface area contributed by atoms with Crippen LogP contribution >= 0.6 is 0 Å². The molecule has 5 heteroatoms. The fraction of sp³-hybridized carbons (Fsp3) is 0.917. The van der Waals surface area contributed by atoms with Crippen molar-refractivity contribution in [3.05, 3.63) is 0 Å². The quantitative estimate of drug-likeness (QED) is 0.676. The zero-order valence-electron chi connectivity index (χ0n) is 10.1. The fourth-order valence-corrected chi connectivity index (χ4v) is 2.85. The maximum atomic E-state index is 10.8. The lowest BCUT2D eigenvalue weighted by Gasteiger charge is -2.36. The van der Waals surface area contributed by atoms with Crippen molar-refractivity contribution in [1.82, 2.24) is 10.2 Å². The second-order valence-electron chi connectivity index (χ2n) is 5.17. The van der Waals surface area contributed by atoms with Gasteiger partial charge in [0.15, 0.2) is 0 Å². The van der Waals surface area contributed by atoms with E-state index in [0.717, 1.165) is 32.1 Å². The van der Waals surface area contributed by atoms with E-state index in [9.17, 15) is 9.90 Å². The van der Waals surface area contributed by atoms with Crippen LogP contribution in [0.1, 0.15) is 38.5 Å². The van der Waals surface area contributed by atoms with Gasteiger partial charge in [-0.15, -0.1) is 0 Å². The highest BCUT2D eigenvalue weighted by atomic mass is 16.4. The Balaban J connectivity index is 1.75. The molecule has 0 radical (unpaired) electrons. The standard InChI is InChI=1S/C12H22N2O3/c15-11-4-2-1-3-10(11)13-9-5-7-14(8-6-9)12(16)17/h9-11,13,15H,1-8H2,(H,16,17)/t10-,11-/m1/s1. The molecule has 1 heterocycles. The summed E-state index contributed by atoms with van der Waals surface area (Å²) in [5.74, 6) is 0. The second kappa shape index (κ2) is 5.69. The summed E-state index contributed by atoms with van der Waals surface area (Å²) in [6, 6.07) is 0.577. The molecule has 1 aliphatic heterocycles. The topological polar surface area (TPSA) is 72.8 Å². The molecular weight excluding hydrogens is 220 g/mol. The highest BCUT2D eigenvalue weighted by Crippen LogP contribution is 2.20. The van der Waals surface area contributed by atoms with Gasteiger partial charge in [0.05, 0.1) is 6.10 Å². The van der Waals surface area contributed by atoms with Gasteiger partial charge in [-0.1, -0.05) is 12.8 Å². The van der Waals surface area contributed by atoms with Gasteiger partial charge in [-0.2, -0.15) is 0 Å². The molecule has 0 aromatic rings. The largest absolute Gasteiger partial charge is 0.465 e. The molecule has 2 atom stereocenters. The number of carbonyl (C=O) groups is 1. The Bertz CT molecular complexity index is 264. The Morgan fingerprint density at radius 3 is 2.35 bits per heavy atom. The molecule has 0 aromatic carbocycles. The van der Waals surface area contributed by atoms with E-state index in [1.54, 1.807) is 0 Å². The third-order valence-corrected chi connectivity index (χ3v) is 3.94. The van der Waals surface area contributed by atoms with Crippen molar-refractivity contribution >= 4 is 6.09 Å². The van der Waals surface area contributed by atoms with Gasteiger partial charge in [-0.3, -0.25) is 0 Å². The van der Waals surface area contributed by atoms with E-state index in [-0.39, 0.29) is 12.1 Å². The molecule has 1 aliphatic carbocycles. The van der Waals surface area contributed by atoms with Gasteiger partial charge in [-0.25, -0.2) is 4.79 Å². The number of aliphatic hydroxyl groups is 1. The molecule has 5 nitrogen and oxygen atoms in total. The predicted molar refractivity (Wildman–Crippen MR) is 64.0 cm³/mol. The first-order chi connectivity index (χ1) is 8.16. The molecule has 1 saturated carbocycles. The highest BCUT2D eigenvalue weighted by molar-refractivity contribution is 5.65. The Labute approximate surface area is 102 Å². The minimum absolute atomic E-state index is 0.213. The fourth-order valence-electron chi connectivity index (χ4n) is 2.85. The average molecular weight is 242 g/mol. The van der Waals surface area contributed by atoms with E-state index in [0.29, 0.717) is 19.1 Å². The first-order valence-corrected chi connectivity index (χ1v) is 6.59. The molecular formula is C12H22N2O3. The van der Waals surface area contributed by atoms with Crippen LogP contribution in [0.15, 0.2) is 0 Å². The van der Waals surface area contributed by atoms with Crippen molar-refractivity contribution in [2.75, 3.05) is 13.1 Å². The summed E-state index contributed by atoms with van der Waals surface area (Å²) in [5, 5.41) is 22.2. The summed E-state index contributed by atoms with van der Waals surface area (Å²) >= 11 is 0. The summed E-state index contributed by atoms with van der Waals surface area (Å²) in [6.07, 6.45) is 4.92. The Morgan fingerprint density at radius 1 is 1.12 bits per heavy atom. The summed E-state index contributed by atoms with van der Waals surface area (Å²) in [7, 11) is 0. The zero-order chi connectivity index (χ0) is 12.3. The van der Waals surface area contributed by atoms with Crippen LogP contribution in [0.2, 0.25) is 0 Å². The molecule has 1 amide bonds. The van der Waals surface area contributed by atoms with Gasteiger partial charge in [0.1, 0.15) is 0 Å². The third-order valence-electron chi connectivity index (χ3n) is 3.94. The Hall–Kier alpha value is -0.810. The number of hydrogen-bond acceptors (Lipinski definition) is 3. The summed E-state index contributed by atoms with van der Waals surface area (Å²) in [5.41, 5.74) is 0. The van der Waals surface area contributed by atoms with Crippen molar-refractivity contribution in [2.45, 2.75) is 56.7 Å². The number of nitrogens with one attached hydrogen (secondary N) is 1. The number of carboxylic acid groups (broad SMARTS) is 1. The molecule has 17 heavy (non-hydrogen) atoms. The van der Waals surface area contributed by atoms with Crippen molar-refractivity contribution in [2.24, 2.45) is 0 Å². The molecule has 0 aromatic heterocycles. The first kappa shape index (κ1) is 12.6.